The topological polar surface area (TPSA) is 50.1 Å². The molecule has 0 heterocycles. The molecule has 10 heavy (non-hydrogen) atoms. The highest BCUT2D eigenvalue weighted by atomic mass is 16.6. The van der Waals surface area contributed by atoms with E-state index in [2.05, 4.69) is 11.7 Å². The lowest BCUT2D eigenvalue weighted by Crippen LogP contribution is -2.13. The third-order valence-electron chi connectivity index (χ3n) is 1.27. The molecule has 0 saturated carbocycles. The van der Waals surface area contributed by atoms with E-state index < -0.39 is 6.09 Å². The van der Waals surface area contributed by atoms with Crippen LogP contribution in [0.15, 0.2) is 0 Å². The monoisotopic (exact) mass is 144 g/mol. The van der Waals surface area contributed by atoms with Crippen LogP contribution in [0.5, 0.6) is 0 Å². The van der Waals surface area contributed by atoms with E-state index in [4.69, 9.17) is 5.73 Å². The first-order valence-electron chi connectivity index (χ1n) is 3.59. The van der Waals surface area contributed by atoms with Crippen molar-refractivity contribution in [3.63, 3.8) is 0 Å². The highest BCUT2D eigenvalue weighted by Crippen LogP contribution is 2.03. The maximum Gasteiger partial charge on any atom is 0.426 e. The van der Waals surface area contributed by atoms with Crippen molar-refractivity contribution in [1.29, 1.82) is 0 Å². The molecule has 1 radical (unpaired) electrons. The minimum Gasteiger partial charge on any atom is -0.445 e. The van der Waals surface area contributed by atoms with E-state index in [0.717, 1.165) is 19.3 Å². The molecule has 0 aliphatic rings. The van der Waals surface area contributed by atoms with Gasteiger partial charge in [-0.3, -0.25) is 0 Å². The van der Waals surface area contributed by atoms with Crippen molar-refractivity contribution in [2.45, 2.75) is 39.2 Å². The van der Waals surface area contributed by atoms with Crippen molar-refractivity contribution < 1.29 is 9.53 Å². The quantitative estimate of drug-likeness (QED) is 0.605. The number of ether oxygens (including phenoxy) is 1. The fourth-order valence-corrected chi connectivity index (χ4v) is 0.733. The van der Waals surface area contributed by atoms with Gasteiger partial charge in [-0.2, -0.15) is 0 Å². The third-order valence-corrected chi connectivity index (χ3v) is 1.27. The molecule has 1 unspecified atom stereocenters. The Morgan fingerprint density at radius 2 is 2.30 bits per heavy atom. The van der Waals surface area contributed by atoms with Crippen LogP contribution in [0.25, 0.3) is 0 Å². The summed E-state index contributed by atoms with van der Waals surface area (Å²) >= 11 is 0. The van der Waals surface area contributed by atoms with Crippen LogP contribution < -0.4 is 5.73 Å². The van der Waals surface area contributed by atoms with Crippen LogP contribution in [-0.4, -0.2) is 12.2 Å². The summed E-state index contributed by atoms with van der Waals surface area (Å²) in [5.41, 5.74) is 6.48. The Kier molecular flexibility index (Phi) is 4.72. The van der Waals surface area contributed by atoms with Gasteiger partial charge in [-0.25, -0.2) is 10.5 Å². The molecule has 0 bridgehead atoms. The van der Waals surface area contributed by atoms with E-state index in [1.54, 1.807) is 0 Å². The summed E-state index contributed by atoms with van der Waals surface area (Å²) in [5, 5.41) is 0. The number of rotatable bonds is 4. The van der Waals surface area contributed by atoms with Crippen LogP contribution in [0.3, 0.4) is 0 Å². The molecule has 59 valence electrons. The number of carbonyl (C=O) groups excluding carboxylic acids is 1. The number of carbonyl (C=O) groups is 1. The highest BCUT2D eigenvalue weighted by molar-refractivity contribution is 5.63. The SMILES string of the molecule is CCCCC(C)OC([NH])=O. The van der Waals surface area contributed by atoms with Gasteiger partial charge in [-0.05, 0) is 13.3 Å². The lowest BCUT2D eigenvalue weighted by molar-refractivity contribution is 0.108. The minimum atomic E-state index is -0.927. The molecular weight excluding hydrogens is 130 g/mol. The predicted molar refractivity (Wildman–Crippen MR) is 38.6 cm³/mol. The number of unbranched alkanes of at least 4 members (excludes halogenated alkanes) is 1. The lowest BCUT2D eigenvalue weighted by Gasteiger charge is -2.08. The number of hydrogen-bond acceptors (Lipinski definition) is 2. The Hall–Kier alpha value is -0.730. The zero-order chi connectivity index (χ0) is 7.98. The average molecular weight is 144 g/mol. The van der Waals surface area contributed by atoms with E-state index in [9.17, 15) is 4.79 Å². The molecule has 1 atom stereocenters. The van der Waals surface area contributed by atoms with Gasteiger partial charge >= 0.3 is 6.09 Å². The van der Waals surface area contributed by atoms with Crippen LogP contribution in [0, 0.1) is 0 Å². The van der Waals surface area contributed by atoms with Gasteiger partial charge in [0.1, 0.15) is 6.10 Å². The zero-order valence-corrected chi connectivity index (χ0v) is 6.52. The van der Waals surface area contributed by atoms with Gasteiger partial charge in [0.05, 0.1) is 0 Å². The lowest BCUT2D eigenvalue weighted by atomic mass is 10.2. The highest BCUT2D eigenvalue weighted by Gasteiger charge is 2.04. The predicted octanol–water partition coefficient (Wildman–Crippen LogP) is 1.98. The summed E-state index contributed by atoms with van der Waals surface area (Å²) in [6, 6.07) is 0. The Morgan fingerprint density at radius 3 is 2.70 bits per heavy atom. The second kappa shape index (κ2) is 5.09. The first-order chi connectivity index (χ1) is 4.66. The van der Waals surface area contributed by atoms with Gasteiger partial charge in [0, 0.05) is 0 Å². The molecule has 1 amide bonds. The van der Waals surface area contributed by atoms with Crippen LogP contribution in [0.4, 0.5) is 4.79 Å². The van der Waals surface area contributed by atoms with Crippen LogP contribution in [0.2, 0.25) is 0 Å². The Morgan fingerprint density at radius 1 is 1.70 bits per heavy atom. The Labute approximate surface area is 61.5 Å². The van der Waals surface area contributed by atoms with Crippen molar-refractivity contribution in [2.75, 3.05) is 0 Å². The number of amides is 1. The first kappa shape index (κ1) is 9.27. The van der Waals surface area contributed by atoms with Crippen LogP contribution >= 0.6 is 0 Å². The maximum atomic E-state index is 10.1. The van der Waals surface area contributed by atoms with E-state index in [0.29, 0.717) is 0 Å². The summed E-state index contributed by atoms with van der Waals surface area (Å²) in [5.74, 6) is 0. The molecule has 0 aliphatic heterocycles. The first-order valence-corrected chi connectivity index (χ1v) is 3.59. The standard InChI is InChI=1S/C7H14NO2/c1-3-4-5-6(2)10-7(8)9/h6,8H,3-5H2,1-2H3. The molecule has 0 rings (SSSR count). The second-order valence-corrected chi connectivity index (χ2v) is 2.36. The maximum absolute atomic E-state index is 10.1. The largest absolute Gasteiger partial charge is 0.445 e. The van der Waals surface area contributed by atoms with E-state index in [-0.39, 0.29) is 6.10 Å². The molecule has 0 spiro atoms. The molecule has 1 N–H and O–H groups in total. The van der Waals surface area contributed by atoms with E-state index in [1.165, 1.54) is 0 Å². The number of hydrogen-bond donors (Lipinski definition) is 0. The summed E-state index contributed by atoms with van der Waals surface area (Å²) in [6.45, 7) is 3.89. The van der Waals surface area contributed by atoms with Gasteiger partial charge in [-0.15, -0.1) is 0 Å². The van der Waals surface area contributed by atoms with Crippen molar-refractivity contribution in [1.82, 2.24) is 5.73 Å². The van der Waals surface area contributed by atoms with Crippen molar-refractivity contribution in [3.8, 4) is 0 Å². The van der Waals surface area contributed by atoms with Crippen LogP contribution in [-0.2, 0) is 4.74 Å². The van der Waals surface area contributed by atoms with Gasteiger partial charge in [0.25, 0.3) is 0 Å². The van der Waals surface area contributed by atoms with Gasteiger partial charge < -0.3 is 4.74 Å². The molecule has 0 saturated heterocycles. The summed E-state index contributed by atoms with van der Waals surface area (Å²) in [7, 11) is 0. The average Bonchev–Trinajstić information content (AvgIpc) is 1.82. The van der Waals surface area contributed by atoms with Gasteiger partial charge in [-0.1, -0.05) is 19.8 Å². The van der Waals surface area contributed by atoms with Crippen molar-refractivity contribution >= 4 is 6.09 Å². The normalized spacial score (nSPS) is 12.6. The molecule has 0 fully saturated rings. The van der Waals surface area contributed by atoms with Crippen molar-refractivity contribution in [3.05, 3.63) is 0 Å². The molecule has 0 aliphatic carbocycles. The fraction of sp³-hybridized carbons (Fsp3) is 0.857. The van der Waals surface area contributed by atoms with Gasteiger partial charge in [0.2, 0.25) is 0 Å². The second-order valence-electron chi connectivity index (χ2n) is 2.36. The van der Waals surface area contributed by atoms with Gasteiger partial charge in [0.15, 0.2) is 0 Å². The molecular formula is C7H14NO2. The fourth-order valence-electron chi connectivity index (χ4n) is 0.733. The smallest absolute Gasteiger partial charge is 0.426 e. The number of nitrogens with one attached hydrogen (secondary N) is 1. The molecule has 3 nitrogen and oxygen atoms in total. The molecule has 0 aromatic carbocycles. The van der Waals surface area contributed by atoms with Crippen LogP contribution in [0.1, 0.15) is 33.1 Å². The van der Waals surface area contributed by atoms with E-state index >= 15 is 0 Å². The summed E-state index contributed by atoms with van der Waals surface area (Å²) in [4.78, 5) is 10.1. The third kappa shape index (κ3) is 5.41. The Balaban J connectivity index is 3.25. The summed E-state index contributed by atoms with van der Waals surface area (Å²) in [6.07, 6.45) is 1.99. The van der Waals surface area contributed by atoms with Crippen molar-refractivity contribution in [2.24, 2.45) is 0 Å². The van der Waals surface area contributed by atoms with E-state index in [1.807, 2.05) is 6.92 Å². The Bertz CT molecular complexity index is 104. The summed E-state index contributed by atoms with van der Waals surface area (Å²) < 4.78 is 4.58. The molecule has 0 aromatic heterocycles. The molecule has 3 heteroatoms. The minimum absolute atomic E-state index is 0.0926. The zero-order valence-electron chi connectivity index (χ0n) is 6.52. The molecule has 0 aromatic rings.